The number of amides is 4. The third-order valence-electron chi connectivity index (χ3n) is 6.59. The number of aliphatic carboxylic acids is 1. The largest absolute Gasteiger partial charge is 0.480 e. The molecular weight excluding hydrogens is 466 g/mol. The minimum atomic E-state index is -1.18. The van der Waals surface area contributed by atoms with Crippen molar-refractivity contribution in [1.29, 1.82) is 0 Å². The summed E-state index contributed by atoms with van der Waals surface area (Å²) in [6, 6.07) is 4.98. The van der Waals surface area contributed by atoms with Gasteiger partial charge in [0, 0.05) is 19.4 Å². The van der Waals surface area contributed by atoms with Crippen LogP contribution in [0.4, 0.5) is 0 Å². The van der Waals surface area contributed by atoms with Crippen molar-refractivity contribution in [3.8, 4) is 0 Å². The standard InChI is InChI=1S/C25H37N5O6/c1-3-15(2)21(27)23(33)29-18(14-16-8-5-4-6-9-16)22(32)28-17(11-12-20(26)31)24(34)30-13-7-10-19(30)25(35)36/h4-6,8-9,15,17-19,21H,3,7,10-14,27H2,1-2H3,(H2,26,31)(H,28,32)(H,29,33)(H,35,36). The number of rotatable bonds is 13. The van der Waals surface area contributed by atoms with E-state index in [2.05, 4.69) is 10.6 Å². The van der Waals surface area contributed by atoms with Crippen molar-refractivity contribution in [1.82, 2.24) is 15.5 Å². The number of benzene rings is 1. The topological polar surface area (TPSA) is 185 Å². The molecule has 1 heterocycles. The monoisotopic (exact) mass is 503 g/mol. The van der Waals surface area contributed by atoms with Crippen LogP contribution in [0.1, 0.15) is 51.5 Å². The third kappa shape index (κ3) is 8.04. The predicted octanol–water partition coefficient (Wildman–Crippen LogP) is -0.0868. The van der Waals surface area contributed by atoms with Crippen molar-refractivity contribution < 1.29 is 29.1 Å². The molecular formula is C25H37N5O6. The molecule has 36 heavy (non-hydrogen) atoms. The molecule has 0 bridgehead atoms. The summed E-state index contributed by atoms with van der Waals surface area (Å²) in [6.45, 7) is 3.97. The number of carboxylic acid groups (broad SMARTS) is 1. The number of nitrogens with two attached hydrogens (primary N) is 2. The maximum atomic E-state index is 13.4. The Hall–Kier alpha value is -3.47. The highest BCUT2D eigenvalue weighted by molar-refractivity contribution is 5.94. The van der Waals surface area contributed by atoms with E-state index in [9.17, 15) is 29.1 Å². The lowest BCUT2D eigenvalue weighted by Crippen LogP contribution is -2.58. The van der Waals surface area contributed by atoms with Crippen LogP contribution in [0.15, 0.2) is 30.3 Å². The summed E-state index contributed by atoms with van der Waals surface area (Å²) >= 11 is 0. The van der Waals surface area contributed by atoms with E-state index in [1.807, 2.05) is 19.9 Å². The third-order valence-corrected chi connectivity index (χ3v) is 6.59. The van der Waals surface area contributed by atoms with Crippen LogP contribution in [0.5, 0.6) is 0 Å². The Morgan fingerprint density at radius 3 is 2.31 bits per heavy atom. The van der Waals surface area contributed by atoms with Crippen LogP contribution in [0, 0.1) is 5.92 Å². The highest BCUT2D eigenvalue weighted by atomic mass is 16.4. The van der Waals surface area contributed by atoms with Crippen LogP contribution in [-0.4, -0.2) is 70.3 Å². The van der Waals surface area contributed by atoms with Crippen LogP contribution >= 0.6 is 0 Å². The van der Waals surface area contributed by atoms with Crippen LogP contribution in [0.25, 0.3) is 0 Å². The Morgan fingerprint density at radius 2 is 1.72 bits per heavy atom. The number of carbonyl (C=O) groups excluding carboxylic acids is 4. The SMILES string of the molecule is CCC(C)C(N)C(=O)NC(Cc1ccccc1)C(=O)NC(CCC(N)=O)C(=O)N1CCCC1C(=O)O. The van der Waals surface area contributed by atoms with Gasteiger partial charge in [0.15, 0.2) is 0 Å². The molecule has 5 atom stereocenters. The van der Waals surface area contributed by atoms with Crippen molar-refractivity contribution in [2.75, 3.05) is 6.54 Å². The van der Waals surface area contributed by atoms with E-state index in [0.29, 0.717) is 19.3 Å². The van der Waals surface area contributed by atoms with E-state index >= 15 is 0 Å². The summed E-state index contributed by atoms with van der Waals surface area (Å²) in [5.74, 6) is -3.64. The highest BCUT2D eigenvalue weighted by Gasteiger charge is 2.38. The summed E-state index contributed by atoms with van der Waals surface area (Å²) in [5.41, 5.74) is 12.1. The first kappa shape index (κ1) is 28.8. The first-order valence-corrected chi connectivity index (χ1v) is 12.3. The Balaban J connectivity index is 2.26. The van der Waals surface area contributed by atoms with E-state index in [1.165, 1.54) is 4.90 Å². The number of nitrogens with one attached hydrogen (secondary N) is 2. The lowest BCUT2D eigenvalue weighted by molar-refractivity contribution is -0.149. The van der Waals surface area contributed by atoms with Crippen molar-refractivity contribution in [3.63, 3.8) is 0 Å². The Morgan fingerprint density at radius 1 is 1.08 bits per heavy atom. The smallest absolute Gasteiger partial charge is 0.326 e. The first-order chi connectivity index (χ1) is 17.0. The highest BCUT2D eigenvalue weighted by Crippen LogP contribution is 2.20. The van der Waals surface area contributed by atoms with Gasteiger partial charge in [0.05, 0.1) is 6.04 Å². The van der Waals surface area contributed by atoms with Gasteiger partial charge in [-0.2, -0.15) is 0 Å². The zero-order valence-electron chi connectivity index (χ0n) is 20.8. The molecule has 4 amide bonds. The van der Waals surface area contributed by atoms with E-state index in [1.54, 1.807) is 24.3 Å². The second-order valence-corrected chi connectivity index (χ2v) is 9.26. The number of carboxylic acids is 1. The Labute approximate surface area is 211 Å². The Bertz CT molecular complexity index is 940. The summed E-state index contributed by atoms with van der Waals surface area (Å²) in [5, 5.41) is 14.8. The molecule has 5 unspecified atom stereocenters. The van der Waals surface area contributed by atoms with Gasteiger partial charge in [-0.25, -0.2) is 4.79 Å². The lowest BCUT2D eigenvalue weighted by atomic mass is 9.98. The quantitative estimate of drug-likeness (QED) is 0.249. The molecule has 1 aliphatic heterocycles. The fourth-order valence-corrected chi connectivity index (χ4v) is 4.14. The zero-order valence-corrected chi connectivity index (χ0v) is 20.8. The van der Waals surface area contributed by atoms with Crippen molar-refractivity contribution >= 4 is 29.6 Å². The minimum Gasteiger partial charge on any atom is -0.480 e. The van der Waals surface area contributed by atoms with Gasteiger partial charge in [-0.05, 0) is 30.7 Å². The van der Waals surface area contributed by atoms with E-state index in [4.69, 9.17) is 11.5 Å². The van der Waals surface area contributed by atoms with Gasteiger partial charge in [0.25, 0.3) is 0 Å². The maximum absolute atomic E-state index is 13.4. The van der Waals surface area contributed by atoms with Crippen molar-refractivity contribution in [3.05, 3.63) is 35.9 Å². The van der Waals surface area contributed by atoms with Gasteiger partial charge in [-0.3, -0.25) is 19.2 Å². The maximum Gasteiger partial charge on any atom is 0.326 e. The molecule has 1 aromatic carbocycles. The number of nitrogens with zero attached hydrogens (tertiary/aromatic N) is 1. The van der Waals surface area contributed by atoms with E-state index < -0.39 is 53.8 Å². The average molecular weight is 504 g/mol. The number of primary amides is 1. The summed E-state index contributed by atoms with van der Waals surface area (Å²) in [6.07, 6.45) is 1.35. The molecule has 0 radical (unpaired) electrons. The molecule has 2 rings (SSSR count). The molecule has 0 aromatic heterocycles. The minimum absolute atomic E-state index is 0.0961. The van der Waals surface area contributed by atoms with Gasteiger partial charge < -0.3 is 32.1 Å². The van der Waals surface area contributed by atoms with Crippen molar-refractivity contribution in [2.24, 2.45) is 17.4 Å². The van der Waals surface area contributed by atoms with E-state index in [-0.39, 0.29) is 31.7 Å². The molecule has 7 N–H and O–H groups in total. The molecule has 11 heteroatoms. The van der Waals surface area contributed by atoms with Gasteiger partial charge in [0.1, 0.15) is 18.1 Å². The summed E-state index contributed by atoms with van der Waals surface area (Å²) < 4.78 is 0. The molecule has 1 saturated heterocycles. The van der Waals surface area contributed by atoms with Gasteiger partial charge in [-0.15, -0.1) is 0 Å². The number of hydrogen-bond acceptors (Lipinski definition) is 6. The van der Waals surface area contributed by atoms with Gasteiger partial charge in [0.2, 0.25) is 23.6 Å². The fraction of sp³-hybridized carbons (Fsp3) is 0.560. The molecule has 0 saturated carbocycles. The van der Waals surface area contributed by atoms with Crippen molar-refractivity contribution in [2.45, 2.75) is 76.5 Å². The first-order valence-electron chi connectivity index (χ1n) is 12.3. The number of carbonyl (C=O) groups is 5. The molecule has 1 aliphatic rings. The van der Waals surface area contributed by atoms with E-state index in [0.717, 1.165) is 5.56 Å². The molecule has 0 aliphatic carbocycles. The number of likely N-dealkylation sites (tertiary alicyclic amines) is 1. The molecule has 0 spiro atoms. The predicted molar refractivity (Wildman–Crippen MR) is 132 cm³/mol. The van der Waals surface area contributed by atoms with Crippen LogP contribution in [0.2, 0.25) is 0 Å². The average Bonchev–Trinajstić information content (AvgIpc) is 3.35. The summed E-state index contributed by atoms with van der Waals surface area (Å²) in [7, 11) is 0. The van der Waals surface area contributed by atoms with Crippen LogP contribution in [-0.2, 0) is 30.4 Å². The van der Waals surface area contributed by atoms with Crippen LogP contribution in [0.3, 0.4) is 0 Å². The molecule has 11 nitrogen and oxygen atoms in total. The lowest BCUT2D eigenvalue weighted by Gasteiger charge is -2.29. The fourth-order valence-electron chi connectivity index (χ4n) is 4.14. The zero-order chi connectivity index (χ0) is 26.8. The second-order valence-electron chi connectivity index (χ2n) is 9.26. The molecule has 1 aromatic rings. The summed E-state index contributed by atoms with van der Waals surface area (Å²) in [4.78, 5) is 63.6. The van der Waals surface area contributed by atoms with Crippen LogP contribution < -0.4 is 22.1 Å². The number of hydrogen-bond donors (Lipinski definition) is 5. The second kappa shape index (κ2) is 13.6. The molecule has 1 fully saturated rings. The normalized spacial score (nSPS) is 18.5. The molecule has 198 valence electrons. The van der Waals surface area contributed by atoms with Gasteiger partial charge >= 0.3 is 5.97 Å². The van der Waals surface area contributed by atoms with Gasteiger partial charge in [-0.1, -0.05) is 50.6 Å². The Kier molecular flexibility index (Phi) is 10.8.